The van der Waals surface area contributed by atoms with Gasteiger partial charge in [-0.15, -0.1) is 0 Å². The molecule has 0 bridgehead atoms. The van der Waals surface area contributed by atoms with Crippen LogP contribution in [0.3, 0.4) is 0 Å². The summed E-state index contributed by atoms with van der Waals surface area (Å²) in [6, 6.07) is 9.42. The lowest BCUT2D eigenvalue weighted by Gasteiger charge is -2.26. The molecule has 2 unspecified atom stereocenters. The van der Waals surface area contributed by atoms with Crippen LogP contribution in [0.15, 0.2) is 24.3 Å². The minimum absolute atomic E-state index is 0.356. The first-order valence-corrected chi connectivity index (χ1v) is 7.13. The molecular weight excluding hydrogens is 325 g/mol. The number of benzene rings is 1. The molecule has 1 aromatic rings. The van der Waals surface area contributed by atoms with Gasteiger partial charge >= 0.3 is 0 Å². The molecule has 0 aliphatic carbocycles. The Hall–Kier alpha value is -0.130. The van der Waals surface area contributed by atoms with Crippen molar-refractivity contribution in [2.45, 2.75) is 32.9 Å². The highest BCUT2D eigenvalue weighted by molar-refractivity contribution is 14.1. The molecule has 2 atom stereocenters. The van der Waals surface area contributed by atoms with Crippen LogP contribution in [0.2, 0.25) is 0 Å². The van der Waals surface area contributed by atoms with E-state index in [9.17, 15) is 0 Å². The monoisotopic (exact) mass is 347 g/mol. The molecule has 3 heteroatoms. The molecule has 0 fully saturated rings. The van der Waals surface area contributed by atoms with Gasteiger partial charge in [-0.05, 0) is 53.1 Å². The lowest BCUT2D eigenvalue weighted by molar-refractivity contribution is 0.141. The summed E-state index contributed by atoms with van der Waals surface area (Å²) >= 11 is 2.33. The summed E-state index contributed by atoms with van der Waals surface area (Å²) in [6.45, 7) is 7.40. The summed E-state index contributed by atoms with van der Waals surface area (Å²) in [5, 5.41) is 3.63. The zero-order valence-electron chi connectivity index (χ0n) is 11.0. The number of methoxy groups -OCH3 is 1. The fraction of sp³-hybridized carbons (Fsp3) is 0.571. The van der Waals surface area contributed by atoms with Crippen LogP contribution in [-0.4, -0.2) is 19.8 Å². The quantitative estimate of drug-likeness (QED) is 0.794. The van der Waals surface area contributed by atoms with E-state index >= 15 is 0 Å². The van der Waals surface area contributed by atoms with Crippen molar-refractivity contribution in [1.82, 2.24) is 5.32 Å². The van der Waals surface area contributed by atoms with Crippen LogP contribution < -0.4 is 5.32 Å². The molecule has 0 radical (unpaired) electrons. The van der Waals surface area contributed by atoms with Crippen LogP contribution in [0.1, 0.15) is 32.4 Å². The first-order chi connectivity index (χ1) is 8.04. The van der Waals surface area contributed by atoms with E-state index in [1.165, 1.54) is 9.13 Å². The second-order valence-electron chi connectivity index (χ2n) is 4.75. The summed E-state index contributed by atoms with van der Waals surface area (Å²) in [5.74, 6) is 0.571. The predicted molar refractivity (Wildman–Crippen MR) is 81.2 cm³/mol. The molecule has 0 saturated carbocycles. The van der Waals surface area contributed by atoms with Gasteiger partial charge in [0.05, 0.1) is 6.61 Å². The van der Waals surface area contributed by atoms with Crippen LogP contribution >= 0.6 is 22.6 Å². The van der Waals surface area contributed by atoms with Crippen LogP contribution in [0, 0.1) is 9.49 Å². The predicted octanol–water partition coefficient (Wildman–Crippen LogP) is 3.61. The van der Waals surface area contributed by atoms with Crippen LogP contribution in [0.5, 0.6) is 0 Å². The first kappa shape index (κ1) is 14.9. The molecule has 0 aliphatic rings. The molecule has 96 valence electrons. The van der Waals surface area contributed by atoms with E-state index in [2.05, 4.69) is 72.9 Å². The highest BCUT2D eigenvalue weighted by Gasteiger charge is 2.16. The molecule has 0 saturated heterocycles. The molecule has 0 aromatic heterocycles. The normalized spacial score (nSPS) is 14.9. The average molecular weight is 347 g/mol. The van der Waals surface area contributed by atoms with Crippen LogP contribution in [0.4, 0.5) is 0 Å². The van der Waals surface area contributed by atoms with Gasteiger partial charge in [-0.25, -0.2) is 0 Å². The zero-order chi connectivity index (χ0) is 12.8. The van der Waals surface area contributed by atoms with Crippen LogP contribution in [0.25, 0.3) is 0 Å². The first-order valence-electron chi connectivity index (χ1n) is 6.05. The van der Waals surface area contributed by atoms with Gasteiger partial charge in [-0.3, -0.25) is 0 Å². The minimum atomic E-state index is 0.356. The van der Waals surface area contributed by atoms with Crippen molar-refractivity contribution in [3.8, 4) is 0 Å². The van der Waals surface area contributed by atoms with Gasteiger partial charge in [0.2, 0.25) is 0 Å². The van der Waals surface area contributed by atoms with Crippen molar-refractivity contribution in [2.75, 3.05) is 13.7 Å². The summed E-state index contributed by atoms with van der Waals surface area (Å²) in [4.78, 5) is 0. The van der Waals surface area contributed by atoms with Crippen molar-refractivity contribution < 1.29 is 4.74 Å². The molecule has 0 spiro atoms. The second-order valence-corrected chi connectivity index (χ2v) is 5.99. The van der Waals surface area contributed by atoms with E-state index in [0.29, 0.717) is 18.0 Å². The van der Waals surface area contributed by atoms with E-state index in [0.717, 1.165) is 6.61 Å². The molecule has 0 amide bonds. The van der Waals surface area contributed by atoms with E-state index in [1.54, 1.807) is 7.11 Å². The maximum Gasteiger partial charge on any atom is 0.0618 e. The molecule has 1 N–H and O–H groups in total. The molecule has 17 heavy (non-hydrogen) atoms. The number of rotatable bonds is 6. The average Bonchev–Trinajstić information content (AvgIpc) is 2.29. The van der Waals surface area contributed by atoms with Crippen molar-refractivity contribution >= 4 is 22.6 Å². The molecule has 1 aromatic carbocycles. The number of nitrogens with one attached hydrogen (secondary N) is 1. The molecule has 0 heterocycles. The fourth-order valence-corrected chi connectivity index (χ4v) is 2.14. The summed E-state index contributed by atoms with van der Waals surface area (Å²) in [5.41, 5.74) is 1.33. The third-order valence-corrected chi connectivity index (χ3v) is 3.70. The number of hydrogen-bond donors (Lipinski definition) is 1. The zero-order valence-corrected chi connectivity index (χ0v) is 13.2. The molecule has 2 nitrogen and oxygen atoms in total. The van der Waals surface area contributed by atoms with Gasteiger partial charge in [0.1, 0.15) is 0 Å². The Morgan fingerprint density at radius 2 is 1.76 bits per heavy atom. The summed E-state index contributed by atoms with van der Waals surface area (Å²) in [7, 11) is 1.76. The topological polar surface area (TPSA) is 21.3 Å². The third kappa shape index (κ3) is 4.94. The highest BCUT2D eigenvalue weighted by atomic mass is 127. The number of hydrogen-bond acceptors (Lipinski definition) is 2. The van der Waals surface area contributed by atoms with Crippen molar-refractivity contribution in [3.05, 3.63) is 33.4 Å². The van der Waals surface area contributed by atoms with Gasteiger partial charge < -0.3 is 10.1 Å². The smallest absolute Gasteiger partial charge is 0.0618 e. The highest BCUT2D eigenvalue weighted by Crippen LogP contribution is 2.16. The third-order valence-electron chi connectivity index (χ3n) is 2.99. The van der Waals surface area contributed by atoms with Crippen molar-refractivity contribution in [3.63, 3.8) is 0 Å². The Labute approximate surface area is 118 Å². The van der Waals surface area contributed by atoms with E-state index in [1.807, 2.05) is 0 Å². The SMILES string of the molecule is COCC(NC(C)c1ccc(I)cc1)C(C)C. The van der Waals surface area contributed by atoms with E-state index in [-0.39, 0.29) is 0 Å². The molecule has 1 rings (SSSR count). The summed E-state index contributed by atoms with van der Waals surface area (Å²) < 4.78 is 6.53. The molecular formula is C14H22INO. The Morgan fingerprint density at radius 3 is 2.24 bits per heavy atom. The Morgan fingerprint density at radius 1 is 1.18 bits per heavy atom. The van der Waals surface area contributed by atoms with Gasteiger partial charge in [0.25, 0.3) is 0 Å². The summed E-state index contributed by atoms with van der Waals surface area (Å²) in [6.07, 6.45) is 0. The Balaban J connectivity index is 2.63. The van der Waals surface area contributed by atoms with Gasteiger partial charge in [0, 0.05) is 22.8 Å². The Kier molecular flexibility index (Phi) is 6.44. The number of ether oxygens (including phenoxy) is 1. The van der Waals surface area contributed by atoms with Gasteiger partial charge in [0.15, 0.2) is 0 Å². The number of halogens is 1. The lowest BCUT2D eigenvalue weighted by Crippen LogP contribution is -2.39. The Bertz CT molecular complexity index is 323. The standard InChI is InChI=1S/C14H22INO/c1-10(2)14(9-17-4)16-11(3)12-5-7-13(15)8-6-12/h5-8,10-11,14,16H,9H2,1-4H3. The lowest BCUT2D eigenvalue weighted by atomic mass is 10.0. The second kappa shape index (κ2) is 7.34. The minimum Gasteiger partial charge on any atom is -0.383 e. The van der Waals surface area contributed by atoms with Gasteiger partial charge in [-0.1, -0.05) is 26.0 Å². The van der Waals surface area contributed by atoms with E-state index in [4.69, 9.17) is 4.74 Å². The van der Waals surface area contributed by atoms with Crippen molar-refractivity contribution in [1.29, 1.82) is 0 Å². The molecule has 0 aliphatic heterocycles. The maximum absolute atomic E-state index is 5.26. The fourth-order valence-electron chi connectivity index (χ4n) is 1.78. The van der Waals surface area contributed by atoms with E-state index < -0.39 is 0 Å². The maximum atomic E-state index is 5.26. The van der Waals surface area contributed by atoms with Crippen LogP contribution in [-0.2, 0) is 4.74 Å². The van der Waals surface area contributed by atoms with Gasteiger partial charge in [-0.2, -0.15) is 0 Å². The van der Waals surface area contributed by atoms with Crippen molar-refractivity contribution in [2.24, 2.45) is 5.92 Å². The largest absolute Gasteiger partial charge is 0.383 e.